The van der Waals surface area contributed by atoms with Crippen molar-refractivity contribution in [2.75, 3.05) is 0 Å². The van der Waals surface area contributed by atoms with Gasteiger partial charge in [-0.15, -0.1) is 0 Å². The van der Waals surface area contributed by atoms with E-state index in [4.69, 9.17) is 10.5 Å². The molecular formula is C18H17N3O2. The molecular weight excluding hydrogens is 290 g/mol. The van der Waals surface area contributed by atoms with Crippen molar-refractivity contribution in [1.29, 1.82) is 0 Å². The van der Waals surface area contributed by atoms with E-state index < -0.39 is 0 Å². The maximum Gasteiger partial charge on any atom is 0.266 e. The van der Waals surface area contributed by atoms with E-state index in [1.807, 2.05) is 48.5 Å². The van der Waals surface area contributed by atoms with Gasteiger partial charge in [-0.25, -0.2) is 4.68 Å². The minimum atomic E-state index is -0.158. The van der Waals surface area contributed by atoms with Gasteiger partial charge in [-0.05, 0) is 35.9 Å². The van der Waals surface area contributed by atoms with Gasteiger partial charge in [-0.2, -0.15) is 5.10 Å². The Kier molecular flexibility index (Phi) is 4.21. The molecule has 23 heavy (non-hydrogen) atoms. The first-order valence-corrected chi connectivity index (χ1v) is 7.28. The van der Waals surface area contributed by atoms with Gasteiger partial charge in [-0.1, -0.05) is 24.3 Å². The fourth-order valence-corrected chi connectivity index (χ4v) is 2.25. The number of para-hydroxylation sites is 1. The van der Waals surface area contributed by atoms with Crippen LogP contribution in [-0.2, 0) is 13.6 Å². The van der Waals surface area contributed by atoms with Crippen molar-refractivity contribution in [2.24, 2.45) is 12.8 Å². The lowest BCUT2D eigenvalue weighted by Gasteiger charge is -2.12. The standard InChI is InChI=1S/C18H17N3O2/c1-21-18(22)10-8-16(20-21)15-11-13(12-19)7-9-17(15)23-14-5-3-2-4-6-14/h2-11H,12,19H2,1H3. The van der Waals surface area contributed by atoms with Crippen molar-refractivity contribution in [1.82, 2.24) is 9.78 Å². The second-order valence-electron chi connectivity index (χ2n) is 5.13. The summed E-state index contributed by atoms with van der Waals surface area (Å²) in [5.41, 5.74) is 8.01. The highest BCUT2D eigenvalue weighted by molar-refractivity contribution is 5.68. The summed E-state index contributed by atoms with van der Waals surface area (Å²) < 4.78 is 7.27. The van der Waals surface area contributed by atoms with Crippen LogP contribution in [0.2, 0.25) is 0 Å². The Balaban J connectivity index is 2.09. The van der Waals surface area contributed by atoms with Gasteiger partial charge < -0.3 is 10.5 Å². The van der Waals surface area contributed by atoms with Gasteiger partial charge in [0.15, 0.2) is 0 Å². The molecule has 0 bridgehead atoms. The van der Waals surface area contributed by atoms with E-state index in [1.165, 1.54) is 10.7 Å². The quantitative estimate of drug-likeness (QED) is 0.804. The lowest BCUT2D eigenvalue weighted by molar-refractivity contribution is 0.484. The predicted octanol–water partition coefficient (Wildman–Crippen LogP) is 2.70. The van der Waals surface area contributed by atoms with Crippen LogP contribution in [0.25, 0.3) is 11.3 Å². The molecule has 0 unspecified atom stereocenters. The van der Waals surface area contributed by atoms with Crippen LogP contribution in [0.15, 0.2) is 65.5 Å². The Labute approximate surface area is 134 Å². The monoisotopic (exact) mass is 307 g/mol. The number of ether oxygens (including phenoxy) is 1. The van der Waals surface area contributed by atoms with E-state index in [-0.39, 0.29) is 5.56 Å². The number of nitrogens with two attached hydrogens (primary N) is 1. The molecule has 0 fully saturated rings. The van der Waals surface area contributed by atoms with E-state index in [9.17, 15) is 4.79 Å². The van der Waals surface area contributed by atoms with Crippen molar-refractivity contribution in [3.05, 3.63) is 76.6 Å². The van der Waals surface area contributed by atoms with Gasteiger partial charge in [0.2, 0.25) is 0 Å². The summed E-state index contributed by atoms with van der Waals surface area (Å²) in [6.45, 7) is 0.421. The van der Waals surface area contributed by atoms with Crippen molar-refractivity contribution in [3.8, 4) is 22.8 Å². The molecule has 116 valence electrons. The minimum Gasteiger partial charge on any atom is -0.457 e. The smallest absolute Gasteiger partial charge is 0.266 e. The van der Waals surface area contributed by atoms with E-state index in [0.29, 0.717) is 18.0 Å². The molecule has 0 saturated heterocycles. The van der Waals surface area contributed by atoms with Crippen molar-refractivity contribution >= 4 is 0 Å². The van der Waals surface area contributed by atoms with Crippen molar-refractivity contribution in [3.63, 3.8) is 0 Å². The highest BCUT2D eigenvalue weighted by Crippen LogP contribution is 2.32. The van der Waals surface area contributed by atoms with Crippen LogP contribution in [-0.4, -0.2) is 9.78 Å². The summed E-state index contributed by atoms with van der Waals surface area (Å²) in [5.74, 6) is 1.40. The van der Waals surface area contributed by atoms with Gasteiger partial charge in [0.25, 0.3) is 5.56 Å². The first-order valence-electron chi connectivity index (χ1n) is 7.28. The topological polar surface area (TPSA) is 70.1 Å². The van der Waals surface area contributed by atoms with Crippen LogP contribution < -0.4 is 16.0 Å². The van der Waals surface area contributed by atoms with Crippen LogP contribution in [0, 0.1) is 0 Å². The third kappa shape index (κ3) is 3.30. The van der Waals surface area contributed by atoms with Crippen molar-refractivity contribution in [2.45, 2.75) is 6.54 Å². The first kappa shape index (κ1) is 15.0. The van der Waals surface area contributed by atoms with Crippen LogP contribution in [0.3, 0.4) is 0 Å². The van der Waals surface area contributed by atoms with Gasteiger partial charge in [0.1, 0.15) is 11.5 Å². The molecule has 0 saturated carbocycles. The maximum absolute atomic E-state index is 11.6. The van der Waals surface area contributed by atoms with Gasteiger partial charge in [-0.3, -0.25) is 4.79 Å². The Morgan fingerprint density at radius 1 is 1.09 bits per heavy atom. The number of aromatic nitrogens is 2. The second kappa shape index (κ2) is 6.46. The van der Waals surface area contributed by atoms with E-state index >= 15 is 0 Å². The Hall–Kier alpha value is -2.92. The Morgan fingerprint density at radius 3 is 2.57 bits per heavy atom. The fourth-order valence-electron chi connectivity index (χ4n) is 2.25. The number of hydrogen-bond donors (Lipinski definition) is 1. The zero-order valence-corrected chi connectivity index (χ0v) is 12.8. The van der Waals surface area contributed by atoms with Gasteiger partial charge in [0.05, 0.1) is 5.69 Å². The van der Waals surface area contributed by atoms with E-state index in [0.717, 1.165) is 16.9 Å². The average Bonchev–Trinajstić information content (AvgIpc) is 2.59. The molecule has 2 aromatic carbocycles. The highest BCUT2D eigenvalue weighted by atomic mass is 16.5. The zero-order valence-electron chi connectivity index (χ0n) is 12.8. The van der Waals surface area contributed by atoms with Crippen molar-refractivity contribution < 1.29 is 4.74 Å². The SMILES string of the molecule is Cn1nc(-c2cc(CN)ccc2Oc2ccccc2)ccc1=O. The van der Waals surface area contributed by atoms with Crippen LogP contribution in [0.5, 0.6) is 11.5 Å². The molecule has 5 heteroatoms. The molecule has 5 nitrogen and oxygen atoms in total. The molecule has 0 aliphatic carbocycles. The molecule has 2 N–H and O–H groups in total. The molecule has 3 rings (SSSR count). The molecule has 0 spiro atoms. The lowest BCUT2D eigenvalue weighted by Crippen LogP contribution is -2.18. The fraction of sp³-hybridized carbons (Fsp3) is 0.111. The van der Waals surface area contributed by atoms with E-state index in [2.05, 4.69) is 5.10 Å². The van der Waals surface area contributed by atoms with Gasteiger partial charge in [0, 0.05) is 25.2 Å². The molecule has 0 aliphatic rings. The second-order valence-corrected chi connectivity index (χ2v) is 5.13. The first-order chi connectivity index (χ1) is 11.2. The summed E-state index contributed by atoms with van der Waals surface area (Å²) in [7, 11) is 1.62. The zero-order chi connectivity index (χ0) is 16.2. The summed E-state index contributed by atoms with van der Waals surface area (Å²) in [4.78, 5) is 11.6. The molecule has 1 heterocycles. The number of nitrogens with zero attached hydrogens (tertiary/aromatic N) is 2. The Morgan fingerprint density at radius 2 is 1.87 bits per heavy atom. The number of rotatable bonds is 4. The molecule has 3 aromatic rings. The third-order valence-electron chi connectivity index (χ3n) is 3.49. The molecule has 0 amide bonds. The summed E-state index contributed by atoms with van der Waals surface area (Å²) in [5, 5.41) is 4.30. The number of benzene rings is 2. The lowest BCUT2D eigenvalue weighted by atomic mass is 10.1. The Bertz CT molecular complexity index is 873. The van der Waals surface area contributed by atoms with Crippen LogP contribution >= 0.6 is 0 Å². The number of hydrogen-bond acceptors (Lipinski definition) is 4. The largest absolute Gasteiger partial charge is 0.457 e. The molecule has 0 atom stereocenters. The van der Waals surface area contributed by atoms with Gasteiger partial charge >= 0.3 is 0 Å². The highest BCUT2D eigenvalue weighted by Gasteiger charge is 2.11. The third-order valence-corrected chi connectivity index (χ3v) is 3.49. The van der Waals surface area contributed by atoms with Crippen LogP contribution in [0.1, 0.15) is 5.56 Å². The predicted molar refractivity (Wildman–Crippen MR) is 89.3 cm³/mol. The summed E-state index contributed by atoms with van der Waals surface area (Å²) in [6, 6.07) is 18.4. The molecule has 1 aromatic heterocycles. The summed E-state index contributed by atoms with van der Waals surface area (Å²) >= 11 is 0. The maximum atomic E-state index is 11.6. The minimum absolute atomic E-state index is 0.158. The average molecular weight is 307 g/mol. The normalized spacial score (nSPS) is 10.5. The molecule has 0 radical (unpaired) electrons. The van der Waals surface area contributed by atoms with E-state index in [1.54, 1.807) is 13.1 Å². The van der Waals surface area contributed by atoms with Crippen LogP contribution in [0.4, 0.5) is 0 Å². The number of aryl methyl sites for hydroxylation is 1. The summed E-state index contributed by atoms with van der Waals surface area (Å²) in [6.07, 6.45) is 0. The molecule has 0 aliphatic heterocycles.